The number of aliphatic imine (C=N–C) groups is 1. The van der Waals surface area contributed by atoms with E-state index < -0.39 is 0 Å². The van der Waals surface area contributed by atoms with Crippen LogP contribution in [0.1, 0.15) is 52.4 Å². The minimum Gasteiger partial charge on any atom is -0.370 e. The number of hydrogen-bond donors (Lipinski definition) is 2. The molecule has 3 atom stereocenters. The monoisotopic (exact) mass is 237 g/mol. The van der Waals surface area contributed by atoms with Crippen LogP contribution in [0.3, 0.4) is 0 Å². The average Bonchev–Trinajstić information content (AvgIpc) is 2.26. The fraction of sp³-hybridized carbons (Fsp3) is 0.929. The van der Waals surface area contributed by atoms with Gasteiger partial charge in [-0.2, -0.15) is 0 Å². The van der Waals surface area contributed by atoms with E-state index in [4.69, 9.17) is 5.73 Å². The van der Waals surface area contributed by atoms with Crippen LogP contribution in [0.15, 0.2) is 4.99 Å². The highest BCUT2D eigenvalue weighted by atomic mass is 15.1. The van der Waals surface area contributed by atoms with Crippen LogP contribution < -0.4 is 11.1 Å². The molecule has 3 heteroatoms. The number of guanidine groups is 1. The van der Waals surface area contributed by atoms with Gasteiger partial charge in [0.1, 0.15) is 0 Å². The Morgan fingerprint density at radius 3 is 2.53 bits per heavy atom. The second kappa shape index (κ2) is 5.74. The van der Waals surface area contributed by atoms with Crippen molar-refractivity contribution in [2.24, 2.45) is 28.5 Å². The van der Waals surface area contributed by atoms with Crippen LogP contribution >= 0.6 is 0 Å². The van der Waals surface area contributed by atoms with Gasteiger partial charge in [-0.15, -0.1) is 0 Å². The second-order valence-electron chi connectivity index (χ2n) is 6.03. The zero-order valence-corrected chi connectivity index (χ0v) is 11.3. The van der Waals surface area contributed by atoms with E-state index in [1.807, 2.05) is 0 Å². The summed E-state index contributed by atoms with van der Waals surface area (Å²) in [4.78, 5) is 4.54. The summed E-state index contributed by atoms with van der Waals surface area (Å²) < 4.78 is 0. The van der Waals surface area contributed by atoms with E-state index in [-0.39, 0.29) is 0 Å². The molecule has 0 amide bonds. The first-order chi connectivity index (χ1) is 8.16. The van der Waals surface area contributed by atoms with Gasteiger partial charge < -0.3 is 11.1 Å². The van der Waals surface area contributed by atoms with Crippen LogP contribution in [0.2, 0.25) is 0 Å². The van der Waals surface area contributed by atoms with Gasteiger partial charge in [0.05, 0.1) is 0 Å². The molecule has 2 fully saturated rings. The fourth-order valence-electron chi connectivity index (χ4n) is 2.97. The smallest absolute Gasteiger partial charge is 0.188 e. The minimum absolute atomic E-state index is 0.599. The van der Waals surface area contributed by atoms with Crippen molar-refractivity contribution < 1.29 is 0 Å². The molecule has 17 heavy (non-hydrogen) atoms. The van der Waals surface area contributed by atoms with Gasteiger partial charge in [0.25, 0.3) is 0 Å². The summed E-state index contributed by atoms with van der Waals surface area (Å²) in [6, 6.07) is 0.599. The van der Waals surface area contributed by atoms with Crippen molar-refractivity contribution in [3.63, 3.8) is 0 Å². The predicted molar refractivity (Wildman–Crippen MR) is 72.9 cm³/mol. The van der Waals surface area contributed by atoms with Gasteiger partial charge in [-0.1, -0.05) is 26.7 Å². The normalized spacial score (nSPS) is 35.4. The number of nitrogens with one attached hydrogen (secondary N) is 1. The van der Waals surface area contributed by atoms with Crippen LogP contribution in [-0.4, -0.2) is 18.5 Å². The van der Waals surface area contributed by atoms with Crippen molar-refractivity contribution in [2.45, 2.75) is 58.4 Å². The Bertz CT molecular complexity index is 271. The maximum Gasteiger partial charge on any atom is 0.188 e. The highest BCUT2D eigenvalue weighted by molar-refractivity contribution is 5.78. The highest BCUT2D eigenvalue weighted by Crippen LogP contribution is 2.34. The molecule has 3 N–H and O–H groups in total. The van der Waals surface area contributed by atoms with Crippen molar-refractivity contribution >= 4 is 5.96 Å². The molecular weight excluding hydrogens is 210 g/mol. The summed E-state index contributed by atoms with van der Waals surface area (Å²) in [7, 11) is 0. The van der Waals surface area contributed by atoms with Crippen LogP contribution in [-0.2, 0) is 0 Å². The lowest BCUT2D eigenvalue weighted by molar-refractivity contribution is 0.188. The van der Waals surface area contributed by atoms with E-state index in [1.165, 1.54) is 38.5 Å². The Labute approximate surface area is 105 Å². The maximum atomic E-state index is 5.92. The largest absolute Gasteiger partial charge is 0.370 e. The first kappa shape index (κ1) is 12.7. The molecular formula is C14H27N3. The molecule has 3 unspecified atom stereocenters. The van der Waals surface area contributed by atoms with Crippen molar-refractivity contribution in [2.75, 3.05) is 6.54 Å². The van der Waals surface area contributed by atoms with Gasteiger partial charge in [0.15, 0.2) is 5.96 Å². The van der Waals surface area contributed by atoms with E-state index in [0.717, 1.165) is 24.3 Å². The second-order valence-corrected chi connectivity index (χ2v) is 6.03. The molecule has 2 aliphatic carbocycles. The lowest BCUT2D eigenvalue weighted by Gasteiger charge is -2.33. The molecule has 0 bridgehead atoms. The molecule has 0 radical (unpaired) electrons. The van der Waals surface area contributed by atoms with E-state index in [9.17, 15) is 0 Å². The molecule has 0 aromatic rings. The molecule has 0 saturated heterocycles. The number of rotatable bonds is 3. The summed E-state index contributed by atoms with van der Waals surface area (Å²) in [5.41, 5.74) is 5.92. The number of nitrogens with zero attached hydrogens (tertiary/aromatic N) is 1. The standard InChI is InChI=1S/C14H27N3/c1-10-5-3-6-12(11(10)2)9-16-14(15)17-13-7-4-8-13/h10-13H,3-9H2,1-2H3,(H3,15,16,17). The summed E-state index contributed by atoms with van der Waals surface area (Å²) in [5, 5.41) is 3.31. The van der Waals surface area contributed by atoms with E-state index in [1.54, 1.807) is 0 Å². The molecule has 0 aromatic heterocycles. The molecule has 2 rings (SSSR count). The van der Waals surface area contributed by atoms with Crippen molar-refractivity contribution in [3.05, 3.63) is 0 Å². The molecule has 3 nitrogen and oxygen atoms in total. The van der Waals surface area contributed by atoms with Gasteiger partial charge in [0, 0.05) is 12.6 Å². The molecule has 98 valence electrons. The Balaban J connectivity index is 1.76. The lowest BCUT2D eigenvalue weighted by Crippen LogP contribution is -2.44. The van der Waals surface area contributed by atoms with E-state index >= 15 is 0 Å². The van der Waals surface area contributed by atoms with Crippen LogP contribution in [0, 0.1) is 17.8 Å². The minimum atomic E-state index is 0.599. The predicted octanol–water partition coefficient (Wildman–Crippen LogP) is 2.52. The van der Waals surface area contributed by atoms with Gasteiger partial charge in [-0.25, -0.2) is 0 Å². The molecule has 0 spiro atoms. The zero-order valence-electron chi connectivity index (χ0n) is 11.3. The summed E-state index contributed by atoms with van der Waals surface area (Å²) in [5.74, 6) is 3.05. The van der Waals surface area contributed by atoms with E-state index in [2.05, 4.69) is 24.2 Å². The Morgan fingerprint density at radius 1 is 1.18 bits per heavy atom. The maximum absolute atomic E-state index is 5.92. The highest BCUT2D eigenvalue weighted by Gasteiger charge is 2.26. The third-order valence-corrected chi connectivity index (χ3v) is 4.83. The van der Waals surface area contributed by atoms with Crippen LogP contribution in [0.5, 0.6) is 0 Å². The number of hydrogen-bond acceptors (Lipinski definition) is 1. The number of nitrogens with two attached hydrogens (primary N) is 1. The average molecular weight is 237 g/mol. The molecule has 2 aliphatic rings. The first-order valence-corrected chi connectivity index (χ1v) is 7.23. The molecule has 2 saturated carbocycles. The summed E-state index contributed by atoms with van der Waals surface area (Å²) in [6.07, 6.45) is 7.92. The SMILES string of the molecule is CC1CCCC(CN=C(N)NC2CCC2)C1C. The zero-order chi connectivity index (χ0) is 12.3. The van der Waals surface area contributed by atoms with Crippen LogP contribution in [0.25, 0.3) is 0 Å². The topological polar surface area (TPSA) is 50.4 Å². The third-order valence-electron chi connectivity index (χ3n) is 4.83. The van der Waals surface area contributed by atoms with Gasteiger partial charge in [-0.3, -0.25) is 4.99 Å². The van der Waals surface area contributed by atoms with Crippen molar-refractivity contribution in [3.8, 4) is 0 Å². The van der Waals surface area contributed by atoms with Crippen molar-refractivity contribution in [1.82, 2.24) is 5.32 Å². The lowest BCUT2D eigenvalue weighted by atomic mass is 9.74. The van der Waals surface area contributed by atoms with E-state index in [0.29, 0.717) is 12.0 Å². The Hall–Kier alpha value is -0.730. The molecule has 0 aliphatic heterocycles. The summed E-state index contributed by atoms with van der Waals surface area (Å²) in [6.45, 7) is 5.66. The summed E-state index contributed by atoms with van der Waals surface area (Å²) >= 11 is 0. The first-order valence-electron chi connectivity index (χ1n) is 7.23. The van der Waals surface area contributed by atoms with Gasteiger partial charge in [0.2, 0.25) is 0 Å². The Morgan fingerprint density at radius 2 is 1.88 bits per heavy atom. The quantitative estimate of drug-likeness (QED) is 0.585. The van der Waals surface area contributed by atoms with Gasteiger partial charge in [-0.05, 0) is 43.4 Å². The van der Waals surface area contributed by atoms with Crippen molar-refractivity contribution in [1.29, 1.82) is 0 Å². The third kappa shape index (κ3) is 3.36. The molecule has 0 aromatic carbocycles. The fourth-order valence-corrected chi connectivity index (χ4v) is 2.97. The van der Waals surface area contributed by atoms with Crippen LogP contribution in [0.4, 0.5) is 0 Å². The molecule has 0 heterocycles. The van der Waals surface area contributed by atoms with Gasteiger partial charge >= 0.3 is 0 Å². The Kier molecular flexibility index (Phi) is 4.30.